The van der Waals surface area contributed by atoms with Crippen molar-refractivity contribution >= 4 is 21.7 Å². The van der Waals surface area contributed by atoms with Crippen molar-refractivity contribution in [2.45, 2.75) is 19.8 Å². The normalized spacial score (nSPS) is 11.3. The van der Waals surface area contributed by atoms with Crippen LogP contribution >= 0.6 is 0 Å². The van der Waals surface area contributed by atoms with E-state index in [0.29, 0.717) is 30.8 Å². The van der Waals surface area contributed by atoms with Gasteiger partial charge in [0.1, 0.15) is 5.82 Å². The van der Waals surface area contributed by atoms with Gasteiger partial charge in [-0.1, -0.05) is 6.92 Å². The first-order valence-corrected chi connectivity index (χ1v) is 8.20. The summed E-state index contributed by atoms with van der Waals surface area (Å²) in [6.45, 7) is 2.60. The predicted octanol–water partition coefficient (Wildman–Crippen LogP) is -0.105. The van der Waals surface area contributed by atoms with Gasteiger partial charge in [-0.3, -0.25) is 4.79 Å². The number of carbonyl (C=O) groups excluding carboxylic acids is 1. The number of nitrogen functional groups attached to an aromatic ring is 1. The number of nitrogens with one attached hydrogen (secondary N) is 2. The molecule has 1 rings (SSSR count). The maximum atomic E-state index is 11.9. The van der Waals surface area contributed by atoms with Crippen molar-refractivity contribution in [1.82, 2.24) is 15.0 Å². The molecule has 0 aliphatic carbocycles. The Labute approximate surface area is 119 Å². The lowest BCUT2D eigenvalue weighted by Crippen LogP contribution is -2.29. The number of amides is 1. The highest BCUT2D eigenvalue weighted by Crippen LogP contribution is 2.08. The van der Waals surface area contributed by atoms with E-state index in [1.54, 1.807) is 6.07 Å². The number of aromatic nitrogens is 1. The summed E-state index contributed by atoms with van der Waals surface area (Å²) in [5.74, 6) is 0.0707. The summed E-state index contributed by atoms with van der Waals surface area (Å²) in [5, 5.41) is 2.71. The predicted molar refractivity (Wildman–Crippen MR) is 77.8 cm³/mol. The number of nitrogens with zero attached hydrogens (tertiary/aromatic N) is 1. The number of rotatable bonds is 7. The molecule has 7 nitrogen and oxygen atoms in total. The summed E-state index contributed by atoms with van der Waals surface area (Å²) >= 11 is 0. The maximum absolute atomic E-state index is 11.9. The Kier molecular flexibility index (Phi) is 5.90. The number of hydrogen-bond acceptors (Lipinski definition) is 5. The monoisotopic (exact) mass is 300 g/mol. The topological polar surface area (TPSA) is 114 Å². The molecule has 0 unspecified atom stereocenters. The highest BCUT2D eigenvalue weighted by atomic mass is 32.2. The van der Waals surface area contributed by atoms with Crippen molar-refractivity contribution in [3.8, 4) is 0 Å². The van der Waals surface area contributed by atoms with Crippen molar-refractivity contribution in [1.29, 1.82) is 0 Å². The van der Waals surface area contributed by atoms with Crippen molar-refractivity contribution < 1.29 is 13.2 Å². The van der Waals surface area contributed by atoms with Gasteiger partial charge in [-0.05, 0) is 25.0 Å². The van der Waals surface area contributed by atoms with Gasteiger partial charge in [0.2, 0.25) is 10.0 Å². The van der Waals surface area contributed by atoms with E-state index in [4.69, 9.17) is 5.73 Å². The molecule has 0 fully saturated rings. The number of hydrogen-bond donors (Lipinski definition) is 3. The van der Waals surface area contributed by atoms with Crippen LogP contribution in [0.4, 0.5) is 5.82 Å². The van der Waals surface area contributed by atoms with Crippen LogP contribution in [0.2, 0.25) is 0 Å². The summed E-state index contributed by atoms with van der Waals surface area (Å²) in [6, 6.07) is 3.21. The minimum atomic E-state index is -3.18. The van der Waals surface area contributed by atoms with Gasteiger partial charge in [0.05, 0.1) is 6.26 Å². The molecular formula is C12H20N4O3S. The minimum Gasteiger partial charge on any atom is -0.384 e. The first-order valence-electron chi connectivity index (χ1n) is 6.31. The van der Waals surface area contributed by atoms with Crippen LogP contribution in [-0.4, -0.2) is 38.7 Å². The largest absolute Gasteiger partial charge is 0.384 e. The van der Waals surface area contributed by atoms with E-state index >= 15 is 0 Å². The zero-order valence-electron chi connectivity index (χ0n) is 11.6. The molecular weight excluding hydrogens is 280 g/mol. The molecule has 4 N–H and O–H groups in total. The molecule has 0 aliphatic heterocycles. The molecule has 1 amide bonds. The van der Waals surface area contributed by atoms with Crippen molar-refractivity contribution in [2.75, 3.05) is 25.1 Å². The van der Waals surface area contributed by atoms with Crippen LogP contribution < -0.4 is 15.8 Å². The molecule has 1 aromatic rings. The fourth-order valence-electron chi connectivity index (χ4n) is 1.57. The summed E-state index contributed by atoms with van der Waals surface area (Å²) in [7, 11) is -3.18. The van der Waals surface area contributed by atoms with Crippen molar-refractivity contribution in [2.24, 2.45) is 0 Å². The summed E-state index contributed by atoms with van der Waals surface area (Å²) in [4.78, 5) is 16.0. The zero-order chi connectivity index (χ0) is 15.2. The van der Waals surface area contributed by atoms with Crippen LogP contribution in [0.5, 0.6) is 0 Å². The number of nitrogens with two attached hydrogens (primary N) is 1. The van der Waals surface area contributed by atoms with Gasteiger partial charge in [-0.2, -0.15) is 0 Å². The average Bonchev–Trinajstić information content (AvgIpc) is 2.36. The van der Waals surface area contributed by atoms with Crippen molar-refractivity contribution in [3.05, 3.63) is 23.4 Å². The molecule has 0 bridgehead atoms. The van der Waals surface area contributed by atoms with Crippen LogP contribution in [0.15, 0.2) is 12.1 Å². The van der Waals surface area contributed by atoms with Gasteiger partial charge in [-0.25, -0.2) is 18.1 Å². The Morgan fingerprint density at radius 3 is 2.65 bits per heavy atom. The molecule has 1 heterocycles. The Morgan fingerprint density at radius 1 is 1.35 bits per heavy atom. The molecule has 0 saturated carbocycles. The maximum Gasteiger partial charge on any atom is 0.251 e. The average molecular weight is 300 g/mol. The molecule has 112 valence electrons. The van der Waals surface area contributed by atoms with Gasteiger partial charge in [0.15, 0.2) is 0 Å². The van der Waals surface area contributed by atoms with E-state index in [-0.39, 0.29) is 12.5 Å². The number of carbonyl (C=O) groups is 1. The van der Waals surface area contributed by atoms with Crippen LogP contribution in [0.3, 0.4) is 0 Å². The van der Waals surface area contributed by atoms with E-state index in [0.717, 1.165) is 11.9 Å². The van der Waals surface area contributed by atoms with Crippen LogP contribution in [0.1, 0.15) is 29.4 Å². The summed E-state index contributed by atoms with van der Waals surface area (Å²) in [6.07, 6.45) is 2.31. The fraction of sp³-hybridized carbons (Fsp3) is 0.500. The Bertz CT molecular complexity index is 572. The summed E-state index contributed by atoms with van der Waals surface area (Å²) in [5.41, 5.74) is 6.85. The molecule has 0 radical (unpaired) electrons. The van der Waals surface area contributed by atoms with Crippen molar-refractivity contribution in [3.63, 3.8) is 0 Å². The molecule has 0 atom stereocenters. The minimum absolute atomic E-state index is 0.242. The quantitative estimate of drug-likeness (QED) is 0.608. The highest BCUT2D eigenvalue weighted by Gasteiger charge is 2.08. The van der Waals surface area contributed by atoms with Gasteiger partial charge in [-0.15, -0.1) is 0 Å². The molecule has 20 heavy (non-hydrogen) atoms. The second-order valence-corrected chi connectivity index (χ2v) is 6.23. The lowest BCUT2D eigenvalue weighted by atomic mass is 10.2. The Hall–Kier alpha value is -1.67. The van der Waals surface area contributed by atoms with E-state index in [2.05, 4.69) is 15.0 Å². The van der Waals surface area contributed by atoms with Gasteiger partial charge in [0, 0.05) is 24.3 Å². The van der Waals surface area contributed by atoms with E-state index in [1.807, 2.05) is 6.92 Å². The molecule has 8 heteroatoms. The highest BCUT2D eigenvalue weighted by molar-refractivity contribution is 7.88. The van der Waals surface area contributed by atoms with E-state index < -0.39 is 10.0 Å². The van der Waals surface area contributed by atoms with Gasteiger partial charge < -0.3 is 11.1 Å². The molecule has 0 spiro atoms. The first kappa shape index (κ1) is 16.4. The Morgan fingerprint density at radius 2 is 2.05 bits per heavy atom. The fourth-order valence-corrected chi connectivity index (χ4v) is 2.09. The van der Waals surface area contributed by atoms with E-state index in [1.165, 1.54) is 6.07 Å². The lowest BCUT2D eigenvalue weighted by Gasteiger charge is -2.07. The second-order valence-electron chi connectivity index (χ2n) is 4.40. The van der Waals surface area contributed by atoms with Gasteiger partial charge >= 0.3 is 0 Å². The number of pyridine rings is 1. The molecule has 1 aromatic heterocycles. The van der Waals surface area contributed by atoms with E-state index in [9.17, 15) is 13.2 Å². The zero-order valence-corrected chi connectivity index (χ0v) is 12.5. The van der Waals surface area contributed by atoms with Crippen LogP contribution in [-0.2, 0) is 16.4 Å². The lowest BCUT2D eigenvalue weighted by molar-refractivity contribution is 0.0953. The number of sulfonamides is 1. The Balaban J connectivity index is 2.45. The van der Waals surface area contributed by atoms with Crippen LogP contribution in [0.25, 0.3) is 0 Å². The standard InChI is InChI=1S/C12H20N4O3S/c1-3-10-7-9(8-11(13)16-10)12(17)14-5-4-6-15-20(2,18)19/h7-8,15H,3-6H2,1-2H3,(H2,13,16)(H,14,17). The molecule has 0 aromatic carbocycles. The smallest absolute Gasteiger partial charge is 0.251 e. The van der Waals surface area contributed by atoms with Gasteiger partial charge in [0.25, 0.3) is 5.91 Å². The third-order valence-electron chi connectivity index (χ3n) is 2.53. The second kappa shape index (κ2) is 7.20. The first-order chi connectivity index (χ1) is 9.31. The SMILES string of the molecule is CCc1cc(C(=O)NCCCNS(C)(=O)=O)cc(N)n1. The third-order valence-corrected chi connectivity index (χ3v) is 3.25. The number of anilines is 1. The summed E-state index contributed by atoms with van der Waals surface area (Å²) < 4.78 is 24.0. The third kappa shape index (κ3) is 5.98. The number of aryl methyl sites for hydroxylation is 1. The molecule has 0 aliphatic rings. The molecule has 0 saturated heterocycles. The van der Waals surface area contributed by atoms with Crippen LogP contribution in [0, 0.1) is 0 Å².